The van der Waals surface area contributed by atoms with E-state index >= 15 is 0 Å². The van der Waals surface area contributed by atoms with Gasteiger partial charge < -0.3 is 14.8 Å². The molecule has 144 valence electrons. The fraction of sp³-hybridized carbons (Fsp3) is 0.300. The third-order valence-corrected chi connectivity index (χ3v) is 4.51. The van der Waals surface area contributed by atoms with Crippen molar-refractivity contribution in [1.29, 1.82) is 0 Å². The molecule has 5 nitrogen and oxygen atoms in total. The van der Waals surface area contributed by atoms with Crippen LogP contribution in [0.15, 0.2) is 53.8 Å². The molecule has 2 aromatic heterocycles. The van der Waals surface area contributed by atoms with Gasteiger partial charge in [0, 0.05) is 44.1 Å². The Balaban J connectivity index is 0.00000261. The molecule has 27 heavy (non-hydrogen) atoms. The largest absolute Gasteiger partial charge is 0.357 e. The van der Waals surface area contributed by atoms with Crippen LogP contribution in [0.2, 0.25) is 5.02 Å². The molecule has 0 saturated carbocycles. The summed E-state index contributed by atoms with van der Waals surface area (Å²) in [5.74, 6) is 0.847. The molecular weight excluding hydrogens is 473 g/mol. The number of aryl methyl sites for hydroxylation is 1. The summed E-state index contributed by atoms with van der Waals surface area (Å²) in [6.07, 6.45) is 3.75. The Labute approximate surface area is 182 Å². The van der Waals surface area contributed by atoms with Crippen molar-refractivity contribution in [2.45, 2.75) is 20.0 Å². The van der Waals surface area contributed by atoms with E-state index in [4.69, 9.17) is 16.6 Å². The van der Waals surface area contributed by atoms with Gasteiger partial charge in [0.1, 0.15) is 0 Å². The Morgan fingerprint density at radius 1 is 1.30 bits per heavy atom. The Bertz CT molecular complexity index is 916. The van der Waals surface area contributed by atoms with Crippen LogP contribution in [0.4, 0.5) is 0 Å². The average molecular weight is 498 g/mol. The third kappa shape index (κ3) is 5.35. The fourth-order valence-corrected chi connectivity index (χ4v) is 3.24. The highest BCUT2D eigenvalue weighted by Gasteiger charge is 2.10. The van der Waals surface area contributed by atoms with Gasteiger partial charge in [-0.3, -0.25) is 4.98 Å². The van der Waals surface area contributed by atoms with E-state index < -0.39 is 0 Å². The minimum Gasteiger partial charge on any atom is -0.357 e. The van der Waals surface area contributed by atoms with Crippen molar-refractivity contribution >= 4 is 52.3 Å². The topological polar surface area (TPSA) is 45.5 Å². The summed E-state index contributed by atoms with van der Waals surface area (Å²) in [7, 11) is 4.03. The molecule has 1 N–H and O–H groups in total. The Morgan fingerprint density at radius 2 is 2.07 bits per heavy atom. The van der Waals surface area contributed by atoms with E-state index in [-0.39, 0.29) is 24.0 Å². The van der Waals surface area contributed by atoms with Crippen LogP contribution in [0.5, 0.6) is 0 Å². The number of pyridine rings is 1. The van der Waals surface area contributed by atoms with E-state index in [1.165, 1.54) is 5.39 Å². The van der Waals surface area contributed by atoms with Gasteiger partial charge in [-0.15, -0.1) is 24.0 Å². The van der Waals surface area contributed by atoms with Gasteiger partial charge in [-0.25, -0.2) is 4.99 Å². The smallest absolute Gasteiger partial charge is 0.194 e. The minimum absolute atomic E-state index is 0. The lowest BCUT2D eigenvalue weighted by Crippen LogP contribution is -2.38. The van der Waals surface area contributed by atoms with Crippen LogP contribution in [0.25, 0.3) is 10.8 Å². The summed E-state index contributed by atoms with van der Waals surface area (Å²) in [6.45, 7) is 4.12. The normalized spacial score (nSPS) is 11.3. The summed E-state index contributed by atoms with van der Waals surface area (Å²) in [5.41, 5.74) is 2.11. The molecule has 0 spiro atoms. The second-order valence-electron chi connectivity index (χ2n) is 6.27. The van der Waals surface area contributed by atoms with Gasteiger partial charge in [0.15, 0.2) is 5.96 Å². The van der Waals surface area contributed by atoms with Gasteiger partial charge in [0.25, 0.3) is 0 Å². The summed E-state index contributed by atoms with van der Waals surface area (Å²) in [5, 5.41) is 6.43. The molecule has 0 aliphatic rings. The van der Waals surface area contributed by atoms with Crippen LogP contribution >= 0.6 is 35.6 Å². The summed E-state index contributed by atoms with van der Waals surface area (Å²) in [6, 6.07) is 12.3. The lowest BCUT2D eigenvalue weighted by molar-refractivity contribution is 0.462. The predicted molar refractivity (Wildman–Crippen MR) is 124 cm³/mol. The SMILES string of the molecule is CCNC(=NCc1nccc2ccccc12)N(C)Cc1cc(Cl)cn1C.I. The number of aliphatic imine (C=N–C) groups is 1. The van der Waals surface area contributed by atoms with Crippen LogP contribution in [0.1, 0.15) is 18.3 Å². The summed E-state index contributed by atoms with van der Waals surface area (Å²) >= 11 is 6.09. The third-order valence-electron chi connectivity index (χ3n) is 4.30. The van der Waals surface area contributed by atoms with Crippen LogP contribution in [0.3, 0.4) is 0 Å². The van der Waals surface area contributed by atoms with E-state index in [0.717, 1.165) is 40.8 Å². The van der Waals surface area contributed by atoms with Crippen LogP contribution < -0.4 is 5.32 Å². The van der Waals surface area contributed by atoms with Gasteiger partial charge in [-0.1, -0.05) is 35.9 Å². The number of hydrogen-bond acceptors (Lipinski definition) is 2. The highest BCUT2D eigenvalue weighted by atomic mass is 127. The predicted octanol–water partition coefficient (Wildman–Crippen LogP) is 4.44. The van der Waals surface area contributed by atoms with Gasteiger partial charge in [-0.2, -0.15) is 0 Å². The Hall–Kier alpha value is -1.80. The number of rotatable bonds is 5. The van der Waals surface area contributed by atoms with Crippen molar-refractivity contribution in [2.24, 2.45) is 12.0 Å². The summed E-state index contributed by atoms with van der Waals surface area (Å²) in [4.78, 5) is 11.4. The molecule has 0 radical (unpaired) electrons. The first kappa shape index (κ1) is 21.5. The molecule has 3 rings (SSSR count). The summed E-state index contributed by atoms with van der Waals surface area (Å²) < 4.78 is 2.04. The zero-order chi connectivity index (χ0) is 18.5. The molecule has 0 unspecified atom stereocenters. The van der Waals surface area contributed by atoms with Crippen molar-refractivity contribution in [3.63, 3.8) is 0 Å². The number of guanidine groups is 1. The number of nitrogens with zero attached hydrogens (tertiary/aromatic N) is 4. The molecule has 0 bridgehead atoms. The second kappa shape index (κ2) is 9.94. The van der Waals surface area contributed by atoms with Crippen molar-refractivity contribution in [1.82, 2.24) is 19.8 Å². The molecule has 7 heteroatoms. The number of aromatic nitrogens is 2. The Morgan fingerprint density at radius 3 is 2.78 bits per heavy atom. The Kier molecular flexibility index (Phi) is 7.91. The van der Waals surface area contributed by atoms with Gasteiger partial charge in [0.05, 0.1) is 23.8 Å². The minimum atomic E-state index is 0. The van der Waals surface area contributed by atoms with Crippen molar-refractivity contribution < 1.29 is 0 Å². The van der Waals surface area contributed by atoms with E-state index in [1.807, 2.05) is 55.3 Å². The van der Waals surface area contributed by atoms with E-state index in [0.29, 0.717) is 6.54 Å². The molecule has 1 aromatic carbocycles. The lowest BCUT2D eigenvalue weighted by atomic mass is 10.1. The molecule has 0 amide bonds. The number of halogens is 2. The molecule has 3 aromatic rings. The highest BCUT2D eigenvalue weighted by molar-refractivity contribution is 14.0. The number of nitrogens with one attached hydrogen (secondary N) is 1. The zero-order valence-electron chi connectivity index (χ0n) is 15.8. The first-order valence-electron chi connectivity index (χ1n) is 8.71. The number of hydrogen-bond donors (Lipinski definition) is 1. The average Bonchev–Trinajstić information content (AvgIpc) is 2.95. The van der Waals surface area contributed by atoms with Gasteiger partial charge in [-0.05, 0) is 24.4 Å². The standard InChI is InChI=1S/C20H24ClN5.HI/c1-4-22-20(26(3)14-17-11-16(21)13-25(17)2)24-12-19-18-8-6-5-7-15(18)9-10-23-19;/h5-11,13H,4,12,14H2,1-3H3,(H,22,24);1H. The molecule has 0 saturated heterocycles. The van der Waals surface area contributed by atoms with Crippen LogP contribution in [-0.2, 0) is 20.1 Å². The van der Waals surface area contributed by atoms with Crippen molar-refractivity contribution in [3.05, 3.63) is 65.2 Å². The number of benzene rings is 1. The lowest BCUT2D eigenvalue weighted by Gasteiger charge is -2.22. The first-order chi connectivity index (χ1) is 12.6. The van der Waals surface area contributed by atoms with E-state index in [2.05, 4.69) is 34.3 Å². The molecule has 0 atom stereocenters. The maximum Gasteiger partial charge on any atom is 0.194 e. The monoisotopic (exact) mass is 497 g/mol. The fourth-order valence-electron chi connectivity index (χ4n) is 2.97. The van der Waals surface area contributed by atoms with Crippen molar-refractivity contribution in [3.8, 4) is 0 Å². The molecule has 2 heterocycles. The molecular formula is C20H25ClIN5. The van der Waals surface area contributed by atoms with E-state index in [9.17, 15) is 0 Å². The highest BCUT2D eigenvalue weighted by Crippen LogP contribution is 2.17. The maximum absolute atomic E-state index is 6.09. The van der Waals surface area contributed by atoms with Crippen molar-refractivity contribution in [2.75, 3.05) is 13.6 Å². The molecule has 0 fully saturated rings. The second-order valence-corrected chi connectivity index (χ2v) is 6.70. The van der Waals surface area contributed by atoms with Crippen LogP contribution in [-0.4, -0.2) is 34.0 Å². The molecule has 0 aliphatic heterocycles. The number of fused-ring (bicyclic) bond motifs is 1. The van der Waals surface area contributed by atoms with E-state index in [1.54, 1.807) is 0 Å². The quantitative estimate of drug-likeness (QED) is 0.322. The van der Waals surface area contributed by atoms with Crippen LogP contribution in [0, 0.1) is 0 Å². The first-order valence-corrected chi connectivity index (χ1v) is 9.09. The zero-order valence-corrected chi connectivity index (χ0v) is 18.9. The maximum atomic E-state index is 6.09. The van der Waals surface area contributed by atoms with Gasteiger partial charge >= 0.3 is 0 Å². The van der Waals surface area contributed by atoms with Gasteiger partial charge in [0.2, 0.25) is 0 Å². The molecule has 0 aliphatic carbocycles.